The van der Waals surface area contributed by atoms with Crippen LogP contribution >= 0.6 is 23.2 Å². The zero-order chi connectivity index (χ0) is 15.7. The van der Waals surface area contributed by atoms with Gasteiger partial charge in [-0.1, -0.05) is 53.5 Å². The predicted molar refractivity (Wildman–Crippen MR) is 90.4 cm³/mol. The number of aryl methyl sites for hydroxylation is 1. The lowest BCUT2D eigenvalue weighted by atomic mass is 10.1. The number of rotatable bonds is 3. The van der Waals surface area contributed by atoms with Crippen LogP contribution in [-0.4, -0.2) is 17.9 Å². The van der Waals surface area contributed by atoms with Crippen LogP contribution in [0.15, 0.2) is 42.5 Å². The van der Waals surface area contributed by atoms with E-state index in [1.54, 1.807) is 12.1 Å². The van der Waals surface area contributed by atoms with Crippen molar-refractivity contribution in [3.8, 4) is 0 Å². The molecule has 114 valence electrons. The van der Waals surface area contributed by atoms with Gasteiger partial charge in [0.25, 0.3) is 0 Å². The van der Waals surface area contributed by atoms with Gasteiger partial charge in [0, 0.05) is 17.1 Å². The summed E-state index contributed by atoms with van der Waals surface area (Å²) >= 11 is 12.1. The van der Waals surface area contributed by atoms with E-state index in [-0.39, 0.29) is 11.9 Å². The molecule has 2 aromatic rings. The monoisotopic (exact) mass is 333 g/mol. The Morgan fingerprint density at radius 3 is 2.77 bits per heavy atom. The van der Waals surface area contributed by atoms with Gasteiger partial charge in [-0.25, -0.2) is 0 Å². The highest BCUT2D eigenvalue weighted by Crippen LogP contribution is 2.35. The lowest BCUT2D eigenvalue weighted by Crippen LogP contribution is -2.31. The number of fused-ring (bicyclic) bond motifs is 1. The van der Waals surface area contributed by atoms with Gasteiger partial charge >= 0.3 is 0 Å². The molecule has 4 heteroatoms. The lowest BCUT2D eigenvalue weighted by Gasteiger charge is -2.25. The fourth-order valence-corrected chi connectivity index (χ4v) is 3.54. The molecular weight excluding hydrogens is 317 g/mol. The Balaban J connectivity index is 1.76. The molecule has 0 spiro atoms. The molecule has 2 aromatic carbocycles. The molecule has 0 fully saturated rings. The summed E-state index contributed by atoms with van der Waals surface area (Å²) in [5.74, 6) is 0.0749. The van der Waals surface area contributed by atoms with E-state index in [2.05, 4.69) is 18.2 Å². The van der Waals surface area contributed by atoms with Crippen LogP contribution in [0.2, 0.25) is 10.0 Å². The number of nitrogens with zero attached hydrogens (tertiary/aromatic N) is 1. The number of hydrogen-bond donors (Lipinski definition) is 0. The molecule has 0 N–H and O–H groups in total. The summed E-state index contributed by atoms with van der Waals surface area (Å²) in [4.78, 5) is 14.4. The quantitative estimate of drug-likeness (QED) is 0.798. The van der Waals surface area contributed by atoms with E-state index in [1.165, 1.54) is 11.1 Å². The minimum Gasteiger partial charge on any atom is -0.338 e. The molecule has 1 aliphatic carbocycles. The third-order valence-electron chi connectivity index (χ3n) is 4.32. The summed E-state index contributed by atoms with van der Waals surface area (Å²) in [5, 5.41) is 1.13. The molecule has 1 unspecified atom stereocenters. The highest BCUT2D eigenvalue weighted by atomic mass is 35.5. The Morgan fingerprint density at radius 2 is 2.00 bits per heavy atom. The number of carbonyl (C=O) groups excluding carboxylic acids is 1. The van der Waals surface area contributed by atoms with Crippen molar-refractivity contribution in [2.24, 2.45) is 0 Å². The van der Waals surface area contributed by atoms with Gasteiger partial charge in [-0.15, -0.1) is 0 Å². The van der Waals surface area contributed by atoms with Crippen LogP contribution in [-0.2, 0) is 17.6 Å². The summed E-state index contributed by atoms with van der Waals surface area (Å²) < 4.78 is 0. The number of carbonyl (C=O) groups is 1. The first-order chi connectivity index (χ1) is 10.6. The number of likely N-dealkylation sites (N-methyl/N-ethyl adjacent to an activating group) is 1. The van der Waals surface area contributed by atoms with Gasteiger partial charge in [0.05, 0.1) is 12.5 Å². The van der Waals surface area contributed by atoms with E-state index in [0.29, 0.717) is 16.5 Å². The van der Waals surface area contributed by atoms with Gasteiger partial charge < -0.3 is 4.90 Å². The van der Waals surface area contributed by atoms with E-state index in [1.807, 2.05) is 24.1 Å². The number of amides is 1. The molecule has 0 aromatic heterocycles. The maximum atomic E-state index is 12.6. The summed E-state index contributed by atoms with van der Waals surface area (Å²) in [5.41, 5.74) is 3.42. The zero-order valence-corrected chi connectivity index (χ0v) is 13.9. The molecule has 3 rings (SSSR count). The van der Waals surface area contributed by atoms with Gasteiger partial charge in [-0.2, -0.15) is 0 Å². The Bertz CT molecular complexity index is 714. The Morgan fingerprint density at radius 1 is 1.23 bits per heavy atom. The smallest absolute Gasteiger partial charge is 0.227 e. The molecule has 0 saturated carbocycles. The van der Waals surface area contributed by atoms with Gasteiger partial charge in [0.2, 0.25) is 5.91 Å². The van der Waals surface area contributed by atoms with Crippen molar-refractivity contribution < 1.29 is 4.79 Å². The number of halogens is 2. The summed E-state index contributed by atoms with van der Waals surface area (Å²) in [6, 6.07) is 13.8. The van der Waals surface area contributed by atoms with E-state index in [9.17, 15) is 4.79 Å². The van der Waals surface area contributed by atoms with Crippen LogP contribution in [0.25, 0.3) is 0 Å². The summed E-state index contributed by atoms with van der Waals surface area (Å²) in [6.07, 6.45) is 2.31. The average Bonchev–Trinajstić information content (AvgIpc) is 2.93. The van der Waals surface area contributed by atoms with Crippen LogP contribution < -0.4 is 0 Å². The zero-order valence-electron chi connectivity index (χ0n) is 12.4. The maximum absolute atomic E-state index is 12.6. The largest absolute Gasteiger partial charge is 0.338 e. The topological polar surface area (TPSA) is 20.3 Å². The van der Waals surface area contributed by atoms with Crippen molar-refractivity contribution in [3.05, 3.63) is 69.2 Å². The summed E-state index contributed by atoms with van der Waals surface area (Å²) in [7, 11) is 1.87. The second-order valence-electron chi connectivity index (χ2n) is 5.67. The van der Waals surface area contributed by atoms with E-state index < -0.39 is 0 Å². The molecule has 0 saturated heterocycles. The van der Waals surface area contributed by atoms with Crippen molar-refractivity contribution in [1.82, 2.24) is 4.90 Å². The molecule has 0 heterocycles. The Hall–Kier alpha value is -1.51. The Kier molecular flexibility index (Phi) is 4.42. The molecule has 0 bridgehead atoms. The van der Waals surface area contributed by atoms with Crippen LogP contribution in [0, 0.1) is 0 Å². The van der Waals surface area contributed by atoms with E-state index >= 15 is 0 Å². The van der Waals surface area contributed by atoms with Crippen LogP contribution in [0.1, 0.15) is 29.2 Å². The van der Waals surface area contributed by atoms with Gasteiger partial charge in [-0.3, -0.25) is 4.79 Å². The van der Waals surface area contributed by atoms with E-state index in [0.717, 1.165) is 18.4 Å². The molecule has 1 atom stereocenters. The summed E-state index contributed by atoms with van der Waals surface area (Å²) in [6.45, 7) is 0. The molecule has 22 heavy (non-hydrogen) atoms. The fourth-order valence-electron chi connectivity index (χ4n) is 3.06. The molecule has 2 nitrogen and oxygen atoms in total. The molecule has 0 radical (unpaired) electrons. The van der Waals surface area contributed by atoms with Gasteiger partial charge in [0.15, 0.2) is 0 Å². The lowest BCUT2D eigenvalue weighted by molar-refractivity contribution is -0.131. The van der Waals surface area contributed by atoms with Crippen molar-refractivity contribution in [1.29, 1.82) is 0 Å². The highest BCUT2D eigenvalue weighted by Gasteiger charge is 2.28. The molecular formula is C18H17Cl2NO. The van der Waals surface area contributed by atoms with Crippen molar-refractivity contribution >= 4 is 29.1 Å². The SMILES string of the molecule is CN(C(=O)Cc1ccc(Cl)cc1Cl)C1CCc2ccccc21. The molecule has 1 amide bonds. The van der Waals surface area contributed by atoms with Gasteiger partial charge in [0.1, 0.15) is 0 Å². The average molecular weight is 334 g/mol. The van der Waals surface area contributed by atoms with Crippen LogP contribution in [0.5, 0.6) is 0 Å². The number of benzene rings is 2. The normalized spacial score (nSPS) is 16.4. The minimum absolute atomic E-state index is 0.0749. The van der Waals surface area contributed by atoms with Gasteiger partial charge in [-0.05, 0) is 41.7 Å². The fraction of sp³-hybridized carbons (Fsp3) is 0.278. The first-order valence-corrected chi connectivity index (χ1v) is 8.09. The second-order valence-corrected chi connectivity index (χ2v) is 6.51. The Labute approximate surface area is 140 Å². The third-order valence-corrected chi connectivity index (χ3v) is 4.91. The maximum Gasteiger partial charge on any atom is 0.227 e. The standard InChI is InChI=1S/C18H17Cl2NO/c1-21(17-9-7-12-4-2-3-5-15(12)17)18(22)10-13-6-8-14(19)11-16(13)20/h2-6,8,11,17H,7,9-10H2,1H3. The minimum atomic E-state index is 0.0749. The van der Waals surface area contributed by atoms with E-state index in [4.69, 9.17) is 23.2 Å². The first-order valence-electron chi connectivity index (χ1n) is 7.33. The van der Waals surface area contributed by atoms with Crippen molar-refractivity contribution in [3.63, 3.8) is 0 Å². The van der Waals surface area contributed by atoms with Crippen LogP contribution in [0.4, 0.5) is 0 Å². The van der Waals surface area contributed by atoms with Crippen molar-refractivity contribution in [2.75, 3.05) is 7.05 Å². The first kappa shape index (κ1) is 15.4. The molecule has 1 aliphatic rings. The predicted octanol–water partition coefficient (Wildman–Crippen LogP) is 4.68. The highest BCUT2D eigenvalue weighted by molar-refractivity contribution is 6.35. The van der Waals surface area contributed by atoms with Crippen molar-refractivity contribution in [2.45, 2.75) is 25.3 Å². The second kappa shape index (κ2) is 6.31. The third kappa shape index (κ3) is 2.99. The number of hydrogen-bond acceptors (Lipinski definition) is 1. The molecule has 0 aliphatic heterocycles. The van der Waals surface area contributed by atoms with Crippen LogP contribution in [0.3, 0.4) is 0 Å².